The van der Waals surface area contributed by atoms with Crippen LogP contribution in [0.3, 0.4) is 0 Å². The first-order chi connectivity index (χ1) is 8.72. The van der Waals surface area contributed by atoms with E-state index in [1.165, 1.54) is 7.11 Å². The Bertz CT molecular complexity index is 525. The monoisotopic (exact) mass is 249 g/mol. The maximum absolute atomic E-state index is 13.8. The molecule has 4 nitrogen and oxygen atoms in total. The van der Waals surface area contributed by atoms with Gasteiger partial charge in [-0.2, -0.15) is 5.10 Å². The van der Waals surface area contributed by atoms with Gasteiger partial charge in [-0.15, -0.1) is 0 Å². The van der Waals surface area contributed by atoms with Gasteiger partial charge in [0.15, 0.2) is 11.6 Å². The molecule has 2 rings (SSSR count). The third-order valence-corrected chi connectivity index (χ3v) is 2.83. The molecule has 96 valence electrons. The molecule has 0 atom stereocenters. The van der Waals surface area contributed by atoms with Crippen molar-refractivity contribution >= 4 is 0 Å². The predicted molar refractivity (Wildman–Crippen MR) is 66.8 cm³/mol. The van der Waals surface area contributed by atoms with Gasteiger partial charge in [-0.05, 0) is 13.0 Å². The molecule has 2 aromatic rings. The van der Waals surface area contributed by atoms with E-state index < -0.39 is 0 Å². The number of nitrogens with zero attached hydrogens (tertiary/aromatic N) is 1. The summed E-state index contributed by atoms with van der Waals surface area (Å²) in [7, 11) is 1.46. The topological polar surface area (TPSA) is 49.9 Å². The highest BCUT2D eigenvalue weighted by molar-refractivity contribution is 5.31. The van der Waals surface area contributed by atoms with E-state index in [4.69, 9.17) is 4.74 Å². The van der Waals surface area contributed by atoms with Crippen LogP contribution in [0.1, 0.15) is 16.8 Å². The second kappa shape index (κ2) is 5.64. The molecule has 0 fully saturated rings. The van der Waals surface area contributed by atoms with Crippen molar-refractivity contribution in [2.45, 2.75) is 20.0 Å². The smallest absolute Gasteiger partial charge is 0.169 e. The number of aromatic nitrogens is 2. The molecule has 1 aromatic carbocycles. The average molecular weight is 249 g/mol. The van der Waals surface area contributed by atoms with E-state index in [0.29, 0.717) is 18.7 Å². The maximum Gasteiger partial charge on any atom is 0.169 e. The molecule has 1 heterocycles. The quantitative estimate of drug-likeness (QED) is 0.853. The molecule has 1 aromatic heterocycles. The predicted octanol–water partition coefficient (Wildman–Crippen LogP) is 2.16. The highest BCUT2D eigenvalue weighted by atomic mass is 19.1. The Hall–Kier alpha value is -1.88. The van der Waals surface area contributed by atoms with Crippen molar-refractivity contribution < 1.29 is 9.13 Å². The van der Waals surface area contributed by atoms with Gasteiger partial charge in [-0.25, -0.2) is 4.39 Å². The molecule has 0 aliphatic heterocycles. The van der Waals surface area contributed by atoms with Crippen LogP contribution < -0.4 is 10.1 Å². The van der Waals surface area contributed by atoms with Crippen molar-refractivity contribution in [3.05, 3.63) is 47.0 Å². The lowest BCUT2D eigenvalue weighted by Crippen LogP contribution is -2.14. The van der Waals surface area contributed by atoms with Gasteiger partial charge in [0.1, 0.15) is 0 Å². The minimum absolute atomic E-state index is 0.272. The number of ether oxygens (including phenoxy) is 1. The largest absolute Gasteiger partial charge is 0.494 e. The van der Waals surface area contributed by atoms with Crippen LogP contribution >= 0.6 is 0 Å². The summed E-state index contributed by atoms with van der Waals surface area (Å²) in [4.78, 5) is 0. The fourth-order valence-electron chi connectivity index (χ4n) is 1.74. The Kier molecular flexibility index (Phi) is 3.94. The number of aromatic amines is 1. The van der Waals surface area contributed by atoms with Crippen LogP contribution in [0.25, 0.3) is 0 Å². The van der Waals surface area contributed by atoms with Crippen molar-refractivity contribution in [3.63, 3.8) is 0 Å². The Morgan fingerprint density at radius 2 is 2.11 bits per heavy atom. The van der Waals surface area contributed by atoms with E-state index in [0.717, 1.165) is 11.3 Å². The molecule has 2 N–H and O–H groups in total. The normalized spacial score (nSPS) is 10.6. The zero-order valence-corrected chi connectivity index (χ0v) is 10.5. The molecule has 0 aliphatic rings. The number of halogens is 1. The highest BCUT2D eigenvalue weighted by Crippen LogP contribution is 2.19. The SMILES string of the molecule is COc1cccc(CNCc2cn[nH]c2C)c1F. The summed E-state index contributed by atoms with van der Waals surface area (Å²) in [6, 6.07) is 5.13. The molecule has 0 aliphatic carbocycles. The summed E-state index contributed by atoms with van der Waals surface area (Å²) in [5.74, 6) is -0.0368. The molecule has 0 saturated carbocycles. The Labute approximate surface area is 105 Å². The third-order valence-electron chi connectivity index (χ3n) is 2.83. The van der Waals surface area contributed by atoms with Gasteiger partial charge in [-0.3, -0.25) is 5.10 Å². The van der Waals surface area contributed by atoms with Crippen molar-refractivity contribution in [2.24, 2.45) is 0 Å². The van der Waals surface area contributed by atoms with Gasteiger partial charge in [0.2, 0.25) is 0 Å². The van der Waals surface area contributed by atoms with Gasteiger partial charge in [0, 0.05) is 29.9 Å². The van der Waals surface area contributed by atoms with Crippen molar-refractivity contribution in [3.8, 4) is 5.75 Å². The zero-order valence-electron chi connectivity index (χ0n) is 10.5. The number of hydrogen-bond acceptors (Lipinski definition) is 3. The first-order valence-corrected chi connectivity index (χ1v) is 5.73. The molecular formula is C13H16FN3O. The van der Waals surface area contributed by atoms with Crippen LogP contribution in [0.4, 0.5) is 4.39 Å². The van der Waals surface area contributed by atoms with E-state index in [1.807, 2.05) is 6.92 Å². The van der Waals surface area contributed by atoms with Crippen LogP contribution in [0.2, 0.25) is 0 Å². The van der Waals surface area contributed by atoms with Gasteiger partial charge in [-0.1, -0.05) is 12.1 Å². The van der Waals surface area contributed by atoms with E-state index in [-0.39, 0.29) is 11.6 Å². The summed E-state index contributed by atoms with van der Waals surface area (Å²) in [6.07, 6.45) is 1.77. The lowest BCUT2D eigenvalue weighted by atomic mass is 10.2. The van der Waals surface area contributed by atoms with Gasteiger partial charge in [0.25, 0.3) is 0 Å². The summed E-state index contributed by atoms with van der Waals surface area (Å²) >= 11 is 0. The van der Waals surface area contributed by atoms with Crippen LogP contribution in [-0.2, 0) is 13.1 Å². The number of benzene rings is 1. The lowest BCUT2D eigenvalue weighted by molar-refractivity contribution is 0.383. The number of rotatable bonds is 5. The summed E-state index contributed by atoms with van der Waals surface area (Å²) in [6.45, 7) is 3.06. The van der Waals surface area contributed by atoms with Crippen LogP contribution in [-0.4, -0.2) is 17.3 Å². The molecule has 0 amide bonds. The number of methoxy groups -OCH3 is 1. The Morgan fingerprint density at radius 1 is 1.33 bits per heavy atom. The van der Waals surface area contributed by atoms with Crippen molar-refractivity contribution in [1.29, 1.82) is 0 Å². The average Bonchev–Trinajstić information content (AvgIpc) is 2.77. The minimum Gasteiger partial charge on any atom is -0.494 e. The van der Waals surface area contributed by atoms with Crippen LogP contribution in [0, 0.1) is 12.7 Å². The molecule has 0 saturated heterocycles. The first-order valence-electron chi connectivity index (χ1n) is 5.73. The van der Waals surface area contributed by atoms with E-state index in [2.05, 4.69) is 15.5 Å². The molecule has 5 heteroatoms. The van der Waals surface area contributed by atoms with Crippen molar-refractivity contribution in [1.82, 2.24) is 15.5 Å². The maximum atomic E-state index is 13.8. The summed E-state index contributed by atoms with van der Waals surface area (Å²) < 4.78 is 18.8. The standard InChI is InChI=1S/C13H16FN3O/c1-9-11(8-16-17-9)7-15-6-10-4-3-5-12(18-2)13(10)14/h3-5,8,15H,6-7H2,1-2H3,(H,16,17). The van der Waals surface area contributed by atoms with Crippen molar-refractivity contribution in [2.75, 3.05) is 7.11 Å². The van der Waals surface area contributed by atoms with Gasteiger partial charge in [0.05, 0.1) is 13.3 Å². The fraction of sp³-hybridized carbons (Fsp3) is 0.308. The third kappa shape index (κ3) is 2.68. The fourth-order valence-corrected chi connectivity index (χ4v) is 1.74. The molecule has 0 unspecified atom stereocenters. The highest BCUT2D eigenvalue weighted by Gasteiger charge is 2.08. The number of nitrogens with one attached hydrogen (secondary N) is 2. The molecule has 0 radical (unpaired) electrons. The zero-order chi connectivity index (χ0) is 13.0. The molecule has 0 bridgehead atoms. The molecule has 0 spiro atoms. The molecular weight excluding hydrogens is 233 g/mol. The summed E-state index contributed by atoms with van der Waals surface area (Å²) in [5.41, 5.74) is 2.70. The minimum atomic E-state index is -0.309. The van der Waals surface area contributed by atoms with Gasteiger partial charge >= 0.3 is 0 Å². The van der Waals surface area contributed by atoms with Gasteiger partial charge < -0.3 is 10.1 Å². The van der Waals surface area contributed by atoms with E-state index >= 15 is 0 Å². The Morgan fingerprint density at radius 3 is 2.78 bits per heavy atom. The second-order valence-electron chi connectivity index (χ2n) is 4.06. The molecule has 18 heavy (non-hydrogen) atoms. The first kappa shape index (κ1) is 12.6. The van der Waals surface area contributed by atoms with Crippen LogP contribution in [0.15, 0.2) is 24.4 Å². The Balaban J connectivity index is 1.96. The lowest BCUT2D eigenvalue weighted by Gasteiger charge is -2.08. The number of H-pyrrole nitrogens is 1. The van der Waals surface area contributed by atoms with Crippen LogP contribution in [0.5, 0.6) is 5.75 Å². The number of hydrogen-bond donors (Lipinski definition) is 2. The number of aryl methyl sites for hydroxylation is 1. The second-order valence-corrected chi connectivity index (χ2v) is 4.06. The summed E-state index contributed by atoms with van der Waals surface area (Å²) in [5, 5.41) is 9.98. The van der Waals surface area contributed by atoms with E-state index in [1.54, 1.807) is 24.4 Å². The van der Waals surface area contributed by atoms with E-state index in [9.17, 15) is 4.39 Å².